The predicted molar refractivity (Wildman–Crippen MR) is 88.2 cm³/mol. The highest BCUT2D eigenvalue weighted by Crippen LogP contribution is 2.17. The lowest BCUT2D eigenvalue weighted by Crippen LogP contribution is -2.08. The van der Waals surface area contributed by atoms with E-state index in [2.05, 4.69) is 14.7 Å². The molecule has 0 atom stereocenters. The Bertz CT molecular complexity index is 961. The molecule has 0 saturated carbocycles. The summed E-state index contributed by atoms with van der Waals surface area (Å²) in [7, 11) is 1.25. The Hall–Kier alpha value is -3.22. The minimum atomic E-state index is -0.622. The number of furan rings is 1. The number of methoxy groups -OCH3 is 1. The van der Waals surface area contributed by atoms with Gasteiger partial charge in [0, 0.05) is 5.56 Å². The predicted octanol–water partition coefficient (Wildman–Crippen LogP) is 2.98. The zero-order valence-electron chi connectivity index (χ0n) is 14.0. The number of benzene rings is 1. The minimum Gasteiger partial charge on any atom is -0.463 e. The summed E-state index contributed by atoms with van der Waals surface area (Å²) in [5.74, 6) is -1.13. The molecule has 0 bridgehead atoms. The van der Waals surface area contributed by atoms with Crippen molar-refractivity contribution >= 4 is 23.0 Å². The number of fused-ring (bicyclic) bond motifs is 1. The largest absolute Gasteiger partial charge is 0.463 e. The van der Waals surface area contributed by atoms with Gasteiger partial charge in [-0.15, -0.1) is 0 Å². The van der Waals surface area contributed by atoms with E-state index in [1.165, 1.54) is 13.4 Å². The van der Waals surface area contributed by atoms with Gasteiger partial charge in [-0.25, -0.2) is 19.6 Å². The summed E-state index contributed by atoms with van der Waals surface area (Å²) in [6, 6.07) is 6.54. The average Bonchev–Trinajstić information content (AvgIpc) is 3.08. The van der Waals surface area contributed by atoms with Gasteiger partial charge in [-0.05, 0) is 38.1 Å². The molecule has 0 amide bonds. The maximum atomic E-state index is 12.3. The van der Waals surface area contributed by atoms with E-state index < -0.39 is 11.9 Å². The average molecular weight is 340 g/mol. The number of aryl methyl sites for hydroxylation is 2. The summed E-state index contributed by atoms with van der Waals surface area (Å²) in [6.07, 6.45) is 1.34. The zero-order valence-corrected chi connectivity index (χ0v) is 14.0. The molecule has 0 fully saturated rings. The Morgan fingerprint density at radius 1 is 1.04 bits per heavy atom. The molecule has 0 N–H and O–H groups in total. The normalized spacial score (nSPS) is 10.7. The van der Waals surface area contributed by atoms with Crippen LogP contribution in [0.1, 0.15) is 37.9 Å². The summed E-state index contributed by atoms with van der Waals surface area (Å²) in [4.78, 5) is 32.7. The first-order valence-corrected chi connectivity index (χ1v) is 7.56. The molecule has 0 aliphatic heterocycles. The molecule has 0 aliphatic rings. The van der Waals surface area contributed by atoms with Crippen LogP contribution in [0.3, 0.4) is 0 Å². The van der Waals surface area contributed by atoms with Crippen molar-refractivity contribution in [1.82, 2.24) is 9.97 Å². The van der Waals surface area contributed by atoms with Crippen LogP contribution < -0.4 is 0 Å². The van der Waals surface area contributed by atoms with Gasteiger partial charge in [0.05, 0.1) is 41.4 Å². The highest BCUT2D eigenvalue weighted by molar-refractivity contribution is 5.93. The lowest BCUT2D eigenvalue weighted by atomic mass is 10.2. The first-order valence-electron chi connectivity index (χ1n) is 7.56. The number of aromatic nitrogens is 2. The molecule has 3 aromatic rings. The number of nitrogens with zero attached hydrogens (tertiary/aromatic N) is 2. The van der Waals surface area contributed by atoms with Crippen molar-refractivity contribution < 1.29 is 23.5 Å². The molecule has 0 radical (unpaired) electrons. The monoisotopic (exact) mass is 340 g/mol. The van der Waals surface area contributed by atoms with E-state index in [0.29, 0.717) is 22.2 Å². The molecule has 0 unspecified atom stereocenters. The Morgan fingerprint density at radius 2 is 1.76 bits per heavy atom. The minimum absolute atomic E-state index is 0.0192. The van der Waals surface area contributed by atoms with Crippen LogP contribution in [0.25, 0.3) is 11.0 Å². The number of ether oxygens (including phenoxy) is 2. The fourth-order valence-electron chi connectivity index (χ4n) is 2.31. The van der Waals surface area contributed by atoms with Gasteiger partial charge in [0.2, 0.25) is 5.76 Å². The van der Waals surface area contributed by atoms with Gasteiger partial charge in [-0.2, -0.15) is 0 Å². The summed E-state index contributed by atoms with van der Waals surface area (Å²) < 4.78 is 14.9. The molecule has 25 heavy (non-hydrogen) atoms. The van der Waals surface area contributed by atoms with Gasteiger partial charge < -0.3 is 13.9 Å². The third-order valence-electron chi connectivity index (χ3n) is 3.79. The standard InChI is InChI=1S/C18H16N2O5/c1-10-11(2)20-15-8-12(4-5-14(15)19-10)17(21)25-9-13-6-7-24-16(13)18(22)23-3/h4-8H,9H2,1-3H3. The second-order valence-electron chi connectivity index (χ2n) is 5.44. The van der Waals surface area contributed by atoms with Gasteiger partial charge >= 0.3 is 11.9 Å². The lowest BCUT2D eigenvalue weighted by Gasteiger charge is -2.06. The van der Waals surface area contributed by atoms with Gasteiger partial charge in [0.1, 0.15) is 6.61 Å². The quantitative estimate of drug-likeness (QED) is 0.674. The molecule has 0 aliphatic carbocycles. The van der Waals surface area contributed by atoms with Gasteiger partial charge in [-0.3, -0.25) is 0 Å². The van der Waals surface area contributed by atoms with E-state index in [1.54, 1.807) is 24.3 Å². The molecule has 3 rings (SSSR count). The first kappa shape index (κ1) is 16.6. The van der Waals surface area contributed by atoms with Crippen molar-refractivity contribution in [2.45, 2.75) is 20.5 Å². The molecule has 7 heteroatoms. The highest BCUT2D eigenvalue weighted by atomic mass is 16.5. The Kier molecular flexibility index (Phi) is 4.47. The van der Waals surface area contributed by atoms with Crippen molar-refractivity contribution in [3.8, 4) is 0 Å². The Balaban J connectivity index is 1.78. The van der Waals surface area contributed by atoms with Crippen LogP contribution in [0, 0.1) is 13.8 Å². The number of rotatable bonds is 4. The highest BCUT2D eigenvalue weighted by Gasteiger charge is 2.18. The second kappa shape index (κ2) is 6.72. The Labute approximate surface area is 143 Å². The third-order valence-corrected chi connectivity index (χ3v) is 3.79. The number of hydrogen-bond donors (Lipinski definition) is 0. The van der Waals surface area contributed by atoms with Gasteiger partial charge in [0.25, 0.3) is 0 Å². The molecule has 0 spiro atoms. The van der Waals surface area contributed by atoms with Crippen molar-refractivity contribution in [3.05, 3.63) is 58.8 Å². The van der Waals surface area contributed by atoms with Crippen LogP contribution >= 0.6 is 0 Å². The van der Waals surface area contributed by atoms with Crippen LogP contribution in [0.15, 0.2) is 34.9 Å². The molecule has 2 aromatic heterocycles. The maximum absolute atomic E-state index is 12.3. The van der Waals surface area contributed by atoms with E-state index in [1.807, 2.05) is 13.8 Å². The summed E-state index contributed by atoms with van der Waals surface area (Å²) in [5.41, 5.74) is 3.77. The SMILES string of the molecule is COC(=O)c1occc1COC(=O)c1ccc2nc(C)c(C)nc2c1. The molecular weight excluding hydrogens is 324 g/mol. The summed E-state index contributed by atoms with van der Waals surface area (Å²) in [6.45, 7) is 3.64. The fourth-order valence-corrected chi connectivity index (χ4v) is 2.31. The number of hydrogen-bond acceptors (Lipinski definition) is 7. The summed E-state index contributed by atoms with van der Waals surface area (Å²) in [5, 5.41) is 0. The number of carbonyl (C=O) groups excluding carboxylic acids is 2. The van der Waals surface area contributed by atoms with Crippen LogP contribution in [-0.4, -0.2) is 29.0 Å². The maximum Gasteiger partial charge on any atom is 0.374 e. The number of esters is 2. The second-order valence-corrected chi connectivity index (χ2v) is 5.44. The third kappa shape index (κ3) is 3.35. The van der Waals surface area contributed by atoms with Crippen molar-refractivity contribution in [2.24, 2.45) is 0 Å². The summed E-state index contributed by atoms with van der Waals surface area (Å²) >= 11 is 0. The van der Waals surface area contributed by atoms with Gasteiger partial charge in [0.15, 0.2) is 0 Å². The van der Waals surface area contributed by atoms with Crippen molar-refractivity contribution in [2.75, 3.05) is 7.11 Å². The molecule has 128 valence electrons. The lowest BCUT2D eigenvalue weighted by molar-refractivity contribution is 0.0453. The van der Waals surface area contributed by atoms with E-state index in [4.69, 9.17) is 9.15 Å². The molecular formula is C18H16N2O5. The van der Waals surface area contributed by atoms with E-state index in [-0.39, 0.29) is 12.4 Å². The topological polar surface area (TPSA) is 91.5 Å². The molecule has 1 aromatic carbocycles. The van der Waals surface area contributed by atoms with Crippen LogP contribution in [0.5, 0.6) is 0 Å². The van der Waals surface area contributed by atoms with Crippen LogP contribution in [-0.2, 0) is 16.1 Å². The molecule has 2 heterocycles. The zero-order chi connectivity index (χ0) is 18.0. The van der Waals surface area contributed by atoms with E-state index >= 15 is 0 Å². The Morgan fingerprint density at radius 3 is 2.48 bits per heavy atom. The van der Waals surface area contributed by atoms with Crippen molar-refractivity contribution in [1.29, 1.82) is 0 Å². The van der Waals surface area contributed by atoms with E-state index in [9.17, 15) is 9.59 Å². The first-order chi connectivity index (χ1) is 12.0. The van der Waals surface area contributed by atoms with Crippen LogP contribution in [0.2, 0.25) is 0 Å². The molecule has 0 saturated heterocycles. The van der Waals surface area contributed by atoms with E-state index in [0.717, 1.165) is 11.4 Å². The van der Waals surface area contributed by atoms with Gasteiger partial charge in [-0.1, -0.05) is 0 Å². The van der Waals surface area contributed by atoms with Crippen molar-refractivity contribution in [3.63, 3.8) is 0 Å². The smallest absolute Gasteiger partial charge is 0.374 e. The van der Waals surface area contributed by atoms with Crippen LogP contribution in [0.4, 0.5) is 0 Å². The molecule has 7 nitrogen and oxygen atoms in total. The fraction of sp³-hybridized carbons (Fsp3) is 0.222. The number of carbonyl (C=O) groups is 2.